The van der Waals surface area contributed by atoms with Gasteiger partial charge in [0.15, 0.2) is 0 Å². The molecule has 0 N–H and O–H groups in total. The molecule has 3 rings (SSSR count). The number of carbonyl (C=O) groups excluding carboxylic acids is 2. The van der Waals surface area contributed by atoms with E-state index in [0.29, 0.717) is 29.9 Å². The monoisotopic (exact) mass is 268 g/mol. The van der Waals surface area contributed by atoms with Crippen LogP contribution in [0.25, 0.3) is 0 Å². The van der Waals surface area contributed by atoms with Crippen molar-refractivity contribution in [1.82, 2.24) is 4.90 Å². The highest BCUT2D eigenvalue weighted by Gasteiger charge is 2.42. The largest absolute Gasteiger partial charge is 0.334 e. The lowest BCUT2D eigenvalue weighted by molar-refractivity contribution is -0.126. The topological polar surface area (TPSA) is 61.2 Å². The number of hydrogen-bond acceptors (Lipinski definition) is 3. The maximum absolute atomic E-state index is 12.6. The summed E-state index contributed by atoms with van der Waals surface area (Å²) in [7, 11) is 0. The first-order chi connectivity index (χ1) is 9.70. The summed E-state index contributed by atoms with van der Waals surface area (Å²) in [6, 6.07) is 8.84. The number of amides is 1. The molecule has 4 heteroatoms. The molecular formula is C16H16N2O2. The highest BCUT2D eigenvalue weighted by Crippen LogP contribution is 2.35. The molecule has 0 bridgehead atoms. The lowest BCUT2D eigenvalue weighted by Gasteiger charge is -2.36. The van der Waals surface area contributed by atoms with Crippen molar-refractivity contribution in [2.45, 2.75) is 31.7 Å². The van der Waals surface area contributed by atoms with Crippen molar-refractivity contribution in [3.8, 4) is 6.07 Å². The molecule has 0 radical (unpaired) electrons. The molecule has 20 heavy (non-hydrogen) atoms. The second-order valence-electron chi connectivity index (χ2n) is 5.51. The molecule has 1 saturated carbocycles. The van der Waals surface area contributed by atoms with E-state index < -0.39 is 0 Å². The number of rotatable bonds is 1. The van der Waals surface area contributed by atoms with Crippen molar-refractivity contribution < 1.29 is 9.59 Å². The molecule has 2 fully saturated rings. The molecule has 1 aromatic carbocycles. The summed E-state index contributed by atoms with van der Waals surface area (Å²) < 4.78 is 0. The van der Waals surface area contributed by atoms with Crippen molar-refractivity contribution in [1.29, 1.82) is 5.26 Å². The van der Waals surface area contributed by atoms with Gasteiger partial charge in [0.1, 0.15) is 5.78 Å². The van der Waals surface area contributed by atoms with Gasteiger partial charge < -0.3 is 4.90 Å². The lowest BCUT2D eigenvalue weighted by atomic mass is 9.90. The van der Waals surface area contributed by atoms with Gasteiger partial charge >= 0.3 is 0 Å². The average molecular weight is 268 g/mol. The molecule has 1 amide bonds. The van der Waals surface area contributed by atoms with Crippen LogP contribution in [-0.4, -0.2) is 29.2 Å². The minimum absolute atomic E-state index is 0.0149. The van der Waals surface area contributed by atoms with Crippen molar-refractivity contribution in [3.05, 3.63) is 35.4 Å². The Hall–Kier alpha value is -2.15. The van der Waals surface area contributed by atoms with Gasteiger partial charge in [-0.05, 0) is 37.1 Å². The Morgan fingerprint density at radius 1 is 1.25 bits per heavy atom. The van der Waals surface area contributed by atoms with Gasteiger partial charge in [-0.2, -0.15) is 5.26 Å². The van der Waals surface area contributed by atoms with E-state index in [-0.39, 0.29) is 17.9 Å². The summed E-state index contributed by atoms with van der Waals surface area (Å²) >= 11 is 0. The predicted molar refractivity (Wildman–Crippen MR) is 72.9 cm³/mol. The highest BCUT2D eigenvalue weighted by atomic mass is 16.2. The third kappa shape index (κ3) is 2.09. The van der Waals surface area contributed by atoms with Crippen LogP contribution in [0.4, 0.5) is 0 Å². The zero-order valence-electron chi connectivity index (χ0n) is 11.2. The Bertz CT molecular complexity index is 585. The molecule has 1 aliphatic carbocycles. The van der Waals surface area contributed by atoms with Crippen LogP contribution in [0.1, 0.15) is 41.6 Å². The van der Waals surface area contributed by atoms with Crippen molar-refractivity contribution in [2.75, 3.05) is 6.54 Å². The first kappa shape index (κ1) is 12.9. The molecule has 2 atom stereocenters. The van der Waals surface area contributed by atoms with Gasteiger partial charge in [-0.1, -0.05) is 6.42 Å². The van der Waals surface area contributed by atoms with Crippen LogP contribution in [0.5, 0.6) is 0 Å². The second kappa shape index (κ2) is 5.09. The number of hydrogen-bond donors (Lipinski definition) is 0. The van der Waals surface area contributed by atoms with Gasteiger partial charge in [0.25, 0.3) is 5.91 Å². The summed E-state index contributed by atoms with van der Waals surface area (Å²) in [5.74, 6) is 0.348. The molecule has 2 aliphatic rings. The molecule has 0 aromatic heterocycles. The van der Waals surface area contributed by atoms with Crippen LogP contribution in [0.2, 0.25) is 0 Å². The Balaban J connectivity index is 1.82. The SMILES string of the molecule is N#Cc1ccc(C(=O)N2CCC(=O)C3CCCC32)cc1. The zero-order chi connectivity index (χ0) is 14.1. The van der Waals surface area contributed by atoms with E-state index >= 15 is 0 Å². The van der Waals surface area contributed by atoms with Gasteiger partial charge in [0.2, 0.25) is 0 Å². The van der Waals surface area contributed by atoms with E-state index in [1.54, 1.807) is 24.3 Å². The molecule has 102 valence electrons. The quantitative estimate of drug-likeness (QED) is 0.784. The molecule has 1 aliphatic heterocycles. The fourth-order valence-electron chi connectivity index (χ4n) is 3.38. The fraction of sp³-hybridized carbons (Fsp3) is 0.438. The van der Waals surface area contributed by atoms with E-state index in [1.165, 1.54) is 0 Å². The van der Waals surface area contributed by atoms with Crippen LogP contribution in [0, 0.1) is 17.2 Å². The smallest absolute Gasteiger partial charge is 0.254 e. The van der Waals surface area contributed by atoms with Crippen LogP contribution in [0.3, 0.4) is 0 Å². The van der Waals surface area contributed by atoms with E-state index in [0.717, 1.165) is 19.3 Å². The van der Waals surface area contributed by atoms with E-state index in [9.17, 15) is 9.59 Å². The molecular weight excluding hydrogens is 252 g/mol. The molecule has 1 heterocycles. The lowest BCUT2D eigenvalue weighted by Crippen LogP contribution is -2.49. The van der Waals surface area contributed by atoms with Crippen molar-refractivity contribution in [3.63, 3.8) is 0 Å². The van der Waals surface area contributed by atoms with E-state index in [2.05, 4.69) is 0 Å². The van der Waals surface area contributed by atoms with Crippen LogP contribution in [0.15, 0.2) is 24.3 Å². The Labute approximate surface area is 118 Å². The first-order valence-corrected chi connectivity index (χ1v) is 7.04. The second-order valence-corrected chi connectivity index (χ2v) is 5.51. The van der Waals surface area contributed by atoms with E-state index in [4.69, 9.17) is 5.26 Å². The molecule has 2 unspecified atom stereocenters. The fourth-order valence-corrected chi connectivity index (χ4v) is 3.38. The summed E-state index contributed by atoms with van der Waals surface area (Å²) in [5.41, 5.74) is 1.15. The van der Waals surface area contributed by atoms with Crippen LogP contribution < -0.4 is 0 Å². The Morgan fingerprint density at radius 2 is 2.00 bits per heavy atom. The molecule has 1 saturated heterocycles. The van der Waals surface area contributed by atoms with Crippen LogP contribution in [-0.2, 0) is 4.79 Å². The predicted octanol–water partition coefficient (Wildman–Crippen LogP) is 2.14. The molecule has 1 aromatic rings. The number of fused-ring (bicyclic) bond motifs is 1. The summed E-state index contributed by atoms with van der Waals surface area (Å²) in [5, 5.41) is 8.79. The summed E-state index contributed by atoms with van der Waals surface area (Å²) in [6.45, 7) is 0.527. The van der Waals surface area contributed by atoms with Gasteiger partial charge in [-0.15, -0.1) is 0 Å². The van der Waals surface area contributed by atoms with Gasteiger partial charge in [-0.25, -0.2) is 0 Å². The third-order valence-electron chi connectivity index (χ3n) is 4.41. The van der Waals surface area contributed by atoms with Crippen LogP contribution >= 0.6 is 0 Å². The maximum atomic E-state index is 12.6. The minimum atomic E-state index is -0.0149. The number of likely N-dealkylation sites (tertiary alicyclic amines) is 1. The van der Waals surface area contributed by atoms with Gasteiger partial charge in [0, 0.05) is 30.5 Å². The number of ketones is 1. The van der Waals surface area contributed by atoms with Gasteiger partial charge in [0.05, 0.1) is 11.6 Å². The normalized spacial score (nSPS) is 25.1. The number of piperidine rings is 1. The van der Waals surface area contributed by atoms with Crippen molar-refractivity contribution >= 4 is 11.7 Å². The summed E-state index contributed by atoms with van der Waals surface area (Å²) in [6.07, 6.45) is 3.35. The Morgan fingerprint density at radius 3 is 2.70 bits per heavy atom. The van der Waals surface area contributed by atoms with E-state index in [1.807, 2.05) is 11.0 Å². The summed E-state index contributed by atoms with van der Waals surface area (Å²) in [4.78, 5) is 26.3. The zero-order valence-corrected chi connectivity index (χ0v) is 11.2. The maximum Gasteiger partial charge on any atom is 0.254 e. The number of Topliss-reactive ketones (excluding diaryl/α,β-unsaturated/α-hetero) is 1. The Kier molecular flexibility index (Phi) is 3.27. The first-order valence-electron chi connectivity index (χ1n) is 7.04. The molecule has 4 nitrogen and oxygen atoms in total. The number of nitrogens with zero attached hydrogens (tertiary/aromatic N) is 2. The van der Waals surface area contributed by atoms with Gasteiger partial charge in [-0.3, -0.25) is 9.59 Å². The number of nitriles is 1. The standard InChI is InChI=1S/C16H16N2O2/c17-10-11-4-6-12(7-5-11)16(20)18-9-8-15(19)13-2-1-3-14(13)18/h4-7,13-14H,1-3,8-9H2. The minimum Gasteiger partial charge on any atom is -0.334 e. The molecule has 0 spiro atoms. The number of carbonyl (C=O) groups is 2. The van der Waals surface area contributed by atoms with Crippen molar-refractivity contribution in [2.24, 2.45) is 5.92 Å². The average Bonchev–Trinajstić information content (AvgIpc) is 2.97. The number of benzene rings is 1. The highest BCUT2D eigenvalue weighted by molar-refractivity contribution is 5.96. The third-order valence-corrected chi connectivity index (χ3v) is 4.41.